The van der Waals surface area contributed by atoms with Crippen molar-refractivity contribution in [3.8, 4) is 0 Å². The van der Waals surface area contributed by atoms with Gasteiger partial charge in [-0.1, -0.05) is 12.1 Å². The SMILES string of the molecule is O=C(CN1CCC(c2ccc(F)cc2)C1=O)N1C=C2CC=C(F)C=C2C1. The van der Waals surface area contributed by atoms with Crippen molar-refractivity contribution in [3.05, 3.63) is 71.0 Å². The van der Waals surface area contributed by atoms with Gasteiger partial charge in [0.05, 0.1) is 12.5 Å². The number of benzene rings is 1. The molecule has 1 aromatic carbocycles. The zero-order valence-corrected chi connectivity index (χ0v) is 14.1. The number of rotatable bonds is 3. The fraction of sp³-hybridized carbons (Fsp3) is 0.300. The van der Waals surface area contributed by atoms with E-state index in [2.05, 4.69) is 0 Å². The third-order valence-corrected chi connectivity index (χ3v) is 5.11. The summed E-state index contributed by atoms with van der Waals surface area (Å²) in [5.41, 5.74) is 2.53. The Hall–Kier alpha value is -2.76. The van der Waals surface area contributed by atoms with E-state index in [0.717, 1.165) is 16.7 Å². The Labute approximate surface area is 150 Å². The van der Waals surface area contributed by atoms with Gasteiger partial charge in [-0.05, 0) is 53.8 Å². The average molecular weight is 356 g/mol. The van der Waals surface area contributed by atoms with Crippen LogP contribution in [0.1, 0.15) is 24.3 Å². The molecule has 134 valence electrons. The number of likely N-dealkylation sites (tertiary alicyclic amines) is 1. The maximum absolute atomic E-state index is 13.3. The van der Waals surface area contributed by atoms with Crippen molar-refractivity contribution in [1.29, 1.82) is 0 Å². The highest BCUT2D eigenvalue weighted by Crippen LogP contribution is 2.31. The van der Waals surface area contributed by atoms with Crippen molar-refractivity contribution in [2.24, 2.45) is 0 Å². The lowest BCUT2D eigenvalue weighted by Crippen LogP contribution is -2.38. The Kier molecular flexibility index (Phi) is 4.18. The van der Waals surface area contributed by atoms with Gasteiger partial charge in [-0.15, -0.1) is 0 Å². The largest absolute Gasteiger partial charge is 0.333 e. The lowest BCUT2D eigenvalue weighted by atomic mass is 9.98. The lowest BCUT2D eigenvalue weighted by molar-refractivity contribution is -0.137. The molecule has 1 unspecified atom stereocenters. The molecule has 1 fully saturated rings. The summed E-state index contributed by atoms with van der Waals surface area (Å²) < 4.78 is 26.4. The van der Waals surface area contributed by atoms with E-state index in [0.29, 0.717) is 25.9 Å². The average Bonchev–Trinajstić information content (AvgIpc) is 3.20. The van der Waals surface area contributed by atoms with E-state index in [1.807, 2.05) is 0 Å². The molecular weight excluding hydrogens is 338 g/mol. The molecule has 0 spiro atoms. The van der Waals surface area contributed by atoms with Crippen LogP contribution in [0.4, 0.5) is 8.78 Å². The number of amides is 2. The van der Waals surface area contributed by atoms with E-state index >= 15 is 0 Å². The Balaban J connectivity index is 1.40. The van der Waals surface area contributed by atoms with Crippen molar-refractivity contribution in [2.75, 3.05) is 19.6 Å². The van der Waals surface area contributed by atoms with E-state index in [-0.39, 0.29) is 35.9 Å². The van der Waals surface area contributed by atoms with Gasteiger partial charge in [-0.25, -0.2) is 8.78 Å². The van der Waals surface area contributed by atoms with Crippen molar-refractivity contribution in [3.63, 3.8) is 0 Å². The van der Waals surface area contributed by atoms with Crippen LogP contribution in [0.25, 0.3) is 0 Å². The summed E-state index contributed by atoms with van der Waals surface area (Å²) in [5, 5.41) is 0. The molecule has 4 rings (SSSR count). The van der Waals surface area contributed by atoms with Crippen LogP contribution in [0.2, 0.25) is 0 Å². The number of halogens is 2. The van der Waals surface area contributed by atoms with Gasteiger partial charge >= 0.3 is 0 Å². The second-order valence-electron chi connectivity index (χ2n) is 6.79. The van der Waals surface area contributed by atoms with Crippen LogP contribution < -0.4 is 0 Å². The molecular formula is C20H18F2N2O2. The van der Waals surface area contributed by atoms with Gasteiger partial charge in [0, 0.05) is 12.7 Å². The van der Waals surface area contributed by atoms with Crippen LogP contribution in [-0.2, 0) is 9.59 Å². The fourth-order valence-electron chi connectivity index (χ4n) is 3.67. The van der Waals surface area contributed by atoms with Crippen molar-refractivity contribution < 1.29 is 18.4 Å². The number of carbonyl (C=O) groups is 2. The molecule has 0 bridgehead atoms. The lowest BCUT2D eigenvalue weighted by Gasteiger charge is -2.20. The molecule has 2 amide bonds. The van der Waals surface area contributed by atoms with Crippen LogP contribution in [0.15, 0.2) is 59.6 Å². The van der Waals surface area contributed by atoms with Gasteiger partial charge in [0.15, 0.2) is 0 Å². The van der Waals surface area contributed by atoms with E-state index in [1.54, 1.807) is 28.1 Å². The quantitative estimate of drug-likeness (QED) is 0.835. The van der Waals surface area contributed by atoms with Crippen molar-refractivity contribution in [2.45, 2.75) is 18.8 Å². The molecule has 1 atom stereocenters. The predicted molar refractivity (Wildman–Crippen MR) is 92.0 cm³/mol. The standard InChI is InChI=1S/C20H18F2N2O2/c21-16-4-1-13(2-5-16)18-7-8-23(20(18)26)12-19(25)24-10-14-3-6-17(22)9-15(14)11-24/h1-2,4-6,9-10,18H,3,7-8,11-12H2. The van der Waals surface area contributed by atoms with Crippen LogP contribution in [0.3, 0.4) is 0 Å². The van der Waals surface area contributed by atoms with Gasteiger partial charge in [0.1, 0.15) is 18.2 Å². The summed E-state index contributed by atoms with van der Waals surface area (Å²) in [6, 6.07) is 5.92. The number of hydrogen-bond donors (Lipinski definition) is 0. The smallest absolute Gasteiger partial charge is 0.246 e. The first-order valence-corrected chi connectivity index (χ1v) is 8.62. The Morgan fingerprint density at radius 3 is 2.69 bits per heavy atom. The van der Waals surface area contributed by atoms with E-state index < -0.39 is 0 Å². The molecule has 0 saturated carbocycles. The van der Waals surface area contributed by atoms with E-state index in [4.69, 9.17) is 0 Å². The Morgan fingerprint density at radius 2 is 1.92 bits per heavy atom. The van der Waals surface area contributed by atoms with Gasteiger partial charge in [-0.3, -0.25) is 9.59 Å². The minimum Gasteiger partial charge on any atom is -0.333 e. The summed E-state index contributed by atoms with van der Waals surface area (Å²) in [6.45, 7) is 0.845. The molecule has 0 radical (unpaired) electrons. The molecule has 1 aromatic rings. The first-order valence-electron chi connectivity index (χ1n) is 8.62. The number of fused-ring (bicyclic) bond motifs is 1. The van der Waals surface area contributed by atoms with E-state index in [1.165, 1.54) is 24.3 Å². The normalized spacial score (nSPS) is 22.2. The first kappa shape index (κ1) is 16.7. The number of hydrogen-bond acceptors (Lipinski definition) is 2. The number of nitrogens with zero attached hydrogens (tertiary/aromatic N) is 2. The molecule has 2 heterocycles. The van der Waals surface area contributed by atoms with Gasteiger partial charge < -0.3 is 9.80 Å². The highest BCUT2D eigenvalue weighted by molar-refractivity contribution is 5.90. The molecule has 0 N–H and O–H groups in total. The minimum atomic E-state index is -0.338. The number of allylic oxidation sites excluding steroid dienone is 3. The Morgan fingerprint density at radius 1 is 1.15 bits per heavy atom. The number of carbonyl (C=O) groups excluding carboxylic acids is 2. The molecule has 0 aromatic heterocycles. The summed E-state index contributed by atoms with van der Waals surface area (Å²) in [7, 11) is 0. The molecule has 4 nitrogen and oxygen atoms in total. The van der Waals surface area contributed by atoms with Gasteiger partial charge in [0.2, 0.25) is 11.8 Å². The second-order valence-corrected chi connectivity index (χ2v) is 6.79. The topological polar surface area (TPSA) is 40.6 Å². The van der Waals surface area contributed by atoms with Crippen LogP contribution in [-0.4, -0.2) is 41.2 Å². The van der Waals surface area contributed by atoms with Crippen molar-refractivity contribution in [1.82, 2.24) is 9.80 Å². The highest BCUT2D eigenvalue weighted by Gasteiger charge is 2.35. The second kappa shape index (κ2) is 6.52. The van der Waals surface area contributed by atoms with Crippen LogP contribution in [0, 0.1) is 5.82 Å². The predicted octanol–water partition coefficient (Wildman–Crippen LogP) is 3.05. The molecule has 2 aliphatic heterocycles. The van der Waals surface area contributed by atoms with Crippen LogP contribution in [0.5, 0.6) is 0 Å². The molecule has 1 aliphatic carbocycles. The minimum absolute atomic E-state index is 0.00347. The zero-order valence-electron chi connectivity index (χ0n) is 14.1. The molecule has 26 heavy (non-hydrogen) atoms. The van der Waals surface area contributed by atoms with Gasteiger partial charge in [0.25, 0.3) is 0 Å². The van der Waals surface area contributed by atoms with Gasteiger partial charge in [-0.2, -0.15) is 0 Å². The first-order chi connectivity index (χ1) is 12.5. The maximum atomic E-state index is 13.3. The van der Waals surface area contributed by atoms with Crippen molar-refractivity contribution >= 4 is 11.8 Å². The Bertz CT molecular complexity index is 855. The monoisotopic (exact) mass is 356 g/mol. The highest BCUT2D eigenvalue weighted by atomic mass is 19.1. The van der Waals surface area contributed by atoms with Crippen LogP contribution >= 0.6 is 0 Å². The summed E-state index contributed by atoms with van der Waals surface area (Å²) in [6.07, 6.45) is 5.78. The van der Waals surface area contributed by atoms with E-state index in [9.17, 15) is 18.4 Å². The molecule has 1 saturated heterocycles. The summed E-state index contributed by atoms with van der Waals surface area (Å²) in [5.74, 6) is -1.23. The third-order valence-electron chi connectivity index (χ3n) is 5.11. The molecule has 6 heteroatoms. The maximum Gasteiger partial charge on any atom is 0.246 e. The summed E-state index contributed by atoms with van der Waals surface area (Å²) >= 11 is 0. The third kappa shape index (κ3) is 3.07. The zero-order chi connectivity index (χ0) is 18.3. The molecule has 3 aliphatic rings. The fourth-order valence-corrected chi connectivity index (χ4v) is 3.67. The summed E-state index contributed by atoms with van der Waals surface area (Å²) in [4.78, 5) is 28.3.